The molecule has 1 nitrogen and oxygen atoms in total. The summed E-state index contributed by atoms with van der Waals surface area (Å²) < 4.78 is 0. The smallest absolute Gasteiger partial charge is 0.0675 e. The van der Waals surface area contributed by atoms with Gasteiger partial charge in [-0.25, -0.2) is 0 Å². The second-order valence-corrected chi connectivity index (χ2v) is 5.29. The summed E-state index contributed by atoms with van der Waals surface area (Å²) in [6.45, 7) is 4.47. The van der Waals surface area contributed by atoms with Gasteiger partial charge < -0.3 is 5.11 Å². The van der Waals surface area contributed by atoms with Crippen LogP contribution in [0.25, 0.3) is 0 Å². The third kappa shape index (κ3) is 3.79. The molecule has 0 aliphatic heterocycles. The van der Waals surface area contributed by atoms with Crippen molar-refractivity contribution in [2.75, 3.05) is 0 Å². The molecule has 90 valence electrons. The van der Waals surface area contributed by atoms with E-state index in [4.69, 9.17) is 0 Å². The van der Waals surface area contributed by atoms with Crippen molar-refractivity contribution in [1.82, 2.24) is 0 Å². The van der Waals surface area contributed by atoms with Crippen LogP contribution in [0.3, 0.4) is 0 Å². The molecule has 0 amide bonds. The Hall–Kier alpha value is -0.0400. The Balaban J connectivity index is 2.34. The van der Waals surface area contributed by atoms with E-state index in [1.807, 2.05) is 0 Å². The van der Waals surface area contributed by atoms with Crippen molar-refractivity contribution in [3.8, 4) is 0 Å². The minimum atomic E-state index is -0.287. The van der Waals surface area contributed by atoms with Crippen LogP contribution in [0, 0.1) is 5.92 Å². The fourth-order valence-corrected chi connectivity index (χ4v) is 3.00. The van der Waals surface area contributed by atoms with Gasteiger partial charge >= 0.3 is 0 Å². The highest BCUT2D eigenvalue weighted by atomic mass is 16.3. The zero-order valence-corrected chi connectivity index (χ0v) is 10.6. The first kappa shape index (κ1) is 13.0. The van der Waals surface area contributed by atoms with E-state index in [-0.39, 0.29) is 5.60 Å². The SMILES string of the molecule is CCCCC[C@]1(O)CCC[C@H]1CCCC. The summed E-state index contributed by atoms with van der Waals surface area (Å²) in [5.74, 6) is 0.606. The summed E-state index contributed by atoms with van der Waals surface area (Å²) >= 11 is 0. The van der Waals surface area contributed by atoms with Crippen LogP contribution < -0.4 is 0 Å². The molecule has 0 aromatic carbocycles. The first-order valence-corrected chi connectivity index (χ1v) is 6.95. The van der Waals surface area contributed by atoms with Crippen LogP contribution in [-0.2, 0) is 0 Å². The number of aliphatic hydroxyl groups is 1. The van der Waals surface area contributed by atoms with Gasteiger partial charge in [-0.3, -0.25) is 0 Å². The van der Waals surface area contributed by atoms with Crippen LogP contribution in [0.2, 0.25) is 0 Å². The summed E-state index contributed by atoms with van der Waals surface area (Å²) in [7, 11) is 0. The Labute approximate surface area is 95.3 Å². The van der Waals surface area contributed by atoms with Gasteiger partial charge in [0.1, 0.15) is 0 Å². The number of rotatable bonds is 7. The van der Waals surface area contributed by atoms with E-state index in [9.17, 15) is 5.11 Å². The Kier molecular flexibility index (Phi) is 5.66. The average Bonchev–Trinajstić information content (AvgIpc) is 2.58. The van der Waals surface area contributed by atoms with Crippen LogP contribution in [0.15, 0.2) is 0 Å². The monoisotopic (exact) mass is 212 g/mol. The fraction of sp³-hybridized carbons (Fsp3) is 1.00. The van der Waals surface area contributed by atoms with Crippen molar-refractivity contribution in [3.63, 3.8) is 0 Å². The lowest BCUT2D eigenvalue weighted by atomic mass is 9.83. The van der Waals surface area contributed by atoms with E-state index in [0.717, 1.165) is 12.8 Å². The Morgan fingerprint density at radius 2 is 1.87 bits per heavy atom. The van der Waals surface area contributed by atoms with Gasteiger partial charge in [0.15, 0.2) is 0 Å². The number of hydrogen-bond acceptors (Lipinski definition) is 1. The Morgan fingerprint density at radius 1 is 1.13 bits per heavy atom. The molecule has 0 radical (unpaired) electrons. The van der Waals surface area contributed by atoms with Gasteiger partial charge in [-0.05, 0) is 31.6 Å². The maximum Gasteiger partial charge on any atom is 0.0675 e. The highest BCUT2D eigenvalue weighted by Crippen LogP contribution is 2.41. The first-order chi connectivity index (χ1) is 7.23. The van der Waals surface area contributed by atoms with Crippen LogP contribution >= 0.6 is 0 Å². The van der Waals surface area contributed by atoms with Crippen LogP contribution in [0.4, 0.5) is 0 Å². The predicted molar refractivity (Wildman–Crippen MR) is 66.0 cm³/mol. The molecule has 15 heavy (non-hydrogen) atoms. The number of unbranched alkanes of at least 4 members (excludes halogenated alkanes) is 3. The summed E-state index contributed by atoms with van der Waals surface area (Å²) in [5.41, 5.74) is -0.287. The lowest BCUT2D eigenvalue weighted by molar-refractivity contribution is -0.0113. The van der Waals surface area contributed by atoms with Crippen LogP contribution in [0.1, 0.15) is 78.1 Å². The summed E-state index contributed by atoms with van der Waals surface area (Å²) in [5, 5.41) is 10.6. The zero-order chi connectivity index (χ0) is 11.1. The average molecular weight is 212 g/mol. The van der Waals surface area contributed by atoms with Gasteiger partial charge in [-0.1, -0.05) is 52.4 Å². The van der Waals surface area contributed by atoms with Crippen molar-refractivity contribution in [3.05, 3.63) is 0 Å². The second-order valence-electron chi connectivity index (χ2n) is 5.29. The molecule has 1 fully saturated rings. The topological polar surface area (TPSA) is 20.2 Å². The molecular formula is C14H28O. The molecule has 1 heteroatoms. The second kappa shape index (κ2) is 6.52. The molecule has 0 heterocycles. The maximum atomic E-state index is 10.6. The van der Waals surface area contributed by atoms with Crippen molar-refractivity contribution >= 4 is 0 Å². The minimum Gasteiger partial charge on any atom is -0.390 e. The van der Waals surface area contributed by atoms with Gasteiger partial charge in [0.25, 0.3) is 0 Å². The minimum absolute atomic E-state index is 0.287. The van der Waals surface area contributed by atoms with Gasteiger partial charge in [0.05, 0.1) is 5.60 Å². The lowest BCUT2D eigenvalue weighted by Gasteiger charge is -2.30. The zero-order valence-electron chi connectivity index (χ0n) is 10.6. The Bertz CT molecular complexity index is 167. The molecule has 0 unspecified atom stereocenters. The van der Waals surface area contributed by atoms with Gasteiger partial charge in [0, 0.05) is 0 Å². The van der Waals surface area contributed by atoms with E-state index >= 15 is 0 Å². The molecule has 1 N–H and O–H groups in total. The van der Waals surface area contributed by atoms with E-state index < -0.39 is 0 Å². The van der Waals surface area contributed by atoms with Gasteiger partial charge in [-0.15, -0.1) is 0 Å². The van der Waals surface area contributed by atoms with Gasteiger partial charge in [0.2, 0.25) is 0 Å². The first-order valence-electron chi connectivity index (χ1n) is 6.95. The highest BCUT2D eigenvalue weighted by Gasteiger charge is 2.39. The molecule has 0 bridgehead atoms. The van der Waals surface area contributed by atoms with Crippen molar-refractivity contribution in [2.24, 2.45) is 5.92 Å². The molecular weight excluding hydrogens is 184 g/mol. The standard InChI is InChI=1S/C14H28O/c1-3-5-7-11-14(15)12-8-10-13(14)9-6-4-2/h13,15H,3-12H2,1-2H3/t13-,14+/m1/s1. The molecule has 1 saturated carbocycles. The normalized spacial score (nSPS) is 31.0. The van der Waals surface area contributed by atoms with Crippen LogP contribution in [-0.4, -0.2) is 10.7 Å². The van der Waals surface area contributed by atoms with E-state index in [1.54, 1.807) is 0 Å². The predicted octanol–water partition coefficient (Wildman–Crippen LogP) is 4.29. The molecule has 1 aliphatic rings. The van der Waals surface area contributed by atoms with Crippen molar-refractivity contribution in [1.29, 1.82) is 0 Å². The van der Waals surface area contributed by atoms with Crippen LogP contribution in [0.5, 0.6) is 0 Å². The molecule has 0 aromatic heterocycles. The number of hydrogen-bond donors (Lipinski definition) is 1. The summed E-state index contributed by atoms with van der Waals surface area (Å²) in [4.78, 5) is 0. The Morgan fingerprint density at radius 3 is 2.53 bits per heavy atom. The maximum absolute atomic E-state index is 10.6. The lowest BCUT2D eigenvalue weighted by Crippen LogP contribution is -2.33. The van der Waals surface area contributed by atoms with E-state index in [0.29, 0.717) is 5.92 Å². The molecule has 0 saturated heterocycles. The quantitative estimate of drug-likeness (QED) is 0.624. The molecule has 1 aliphatic carbocycles. The molecule has 0 spiro atoms. The summed E-state index contributed by atoms with van der Waals surface area (Å²) in [6.07, 6.45) is 12.2. The third-order valence-electron chi connectivity index (χ3n) is 4.04. The van der Waals surface area contributed by atoms with Gasteiger partial charge in [-0.2, -0.15) is 0 Å². The molecule has 0 aromatic rings. The van der Waals surface area contributed by atoms with E-state index in [1.165, 1.54) is 51.4 Å². The third-order valence-corrected chi connectivity index (χ3v) is 4.04. The highest BCUT2D eigenvalue weighted by molar-refractivity contribution is 4.91. The largest absolute Gasteiger partial charge is 0.390 e. The molecule has 2 atom stereocenters. The van der Waals surface area contributed by atoms with Crippen molar-refractivity contribution < 1.29 is 5.11 Å². The fourth-order valence-electron chi connectivity index (χ4n) is 3.00. The molecule has 1 rings (SSSR count). The summed E-state index contributed by atoms with van der Waals surface area (Å²) in [6, 6.07) is 0. The van der Waals surface area contributed by atoms with E-state index in [2.05, 4.69) is 13.8 Å². The van der Waals surface area contributed by atoms with Crippen molar-refractivity contribution in [2.45, 2.75) is 83.7 Å².